The van der Waals surface area contributed by atoms with Gasteiger partial charge in [0.15, 0.2) is 5.01 Å². The maximum atomic E-state index is 12.4. The predicted molar refractivity (Wildman–Crippen MR) is 132 cm³/mol. The van der Waals surface area contributed by atoms with Gasteiger partial charge in [0.1, 0.15) is 5.69 Å². The summed E-state index contributed by atoms with van der Waals surface area (Å²) in [6, 6.07) is 26.9. The number of nitrogens with zero attached hydrogens (tertiary/aromatic N) is 4. The van der Waals surface area contributed by atoms with E-state index in [0.29, 0.717) is 15.2 Å². The van der Waals surface area contributed by atoms with Gasteiger partial charge in [0.2, 0.25) is 11.0 Å². The Bertz CT molecular complexity index is 1380. The van der Waals surface area contributed by atoms with Crippen LogP contribution in [0.3, 0.4) is 0 Å². The third kappa shape index (κ3) is 4.84. The van der Waals surface area contributed by atoms with Gasteiger partial charge in [-0.05, 0) is 29.8 Å². The van der Waals surface area contributed by atoms with E-state index in [9.17, 15) is 4.79 Å². The lowest BCUT2D eigenvalue weighted by Gasteiger charge is -2.01. The lowest BCUT2D eigenvalue weighted by Crippen LogP contribution is -2.14. The minimum absolute atomic E-state index is 0.137. The van der Waals surface area contributed by atoms with E-state index in [1.165, 1.54) is 11.3 Å². The Morgan fingerprint density at radius 3 is 2.33 bits per heavy atom. The smallest absolute Gasteiger partial charge is 0.230 e. The number of hydrogen-bond acceptors (Lipinski definition) is 5. The first-order valence-electron chi connectivity index (χ1n) is 10.2. The fourth-order valence-electron chi connectivity index (χ4n) is 3.39. The third-order valence-electron chi connectivity index (χ3n) is 4.96. The van der Waals surface area contributed by atoms with Gasteiger partial charge in [0, 0.05) is 16.8 Å². The van der Waals surface area contributed by atoms with E-state index in [-0.39, 0.29) is 12.3 Å². The summed E-state index contributed by atoms with van der Waals surface area (Å²) in [6.07, 6.45) is 2.20. The Hall–Kier alpha value is -3.81. The molecule has 0 fully saturated rings. The van der Waals surface area contributed by atoms with Gasteiger partial charge < -0.3 is 5.32 Å². The number of anilines is 1. The zero-order valence-corrected chi connectivity index (χ0v) is 18.9. The highest BCUT2D eigenvalue weighted by Gasteiger charge is 2.19. The number of halogens is 1. The molecule has 3 aromatic carbocycles. The molecule has 0 saturated carbocycles. The highest BCUT2D eigenvalue weighted by atomic mass is 35.5. The van der Waals surface area contributed by atoms with Crippen LogP contribution in [-0.4, -0.2) is 25.9 Å². The Labute approximate surface area is 199 Å². The van der Waals surface area contributed by atoms with Crippen LogP contribution in [0.4, 0.5) is 5.13 Å². The molecule has 0 aliphatic carbocycles. The normalized spacial score (nSPS) is 10.8. The third-order valence-corrected chi connectivity index (χ3v) is 6.09. The lowest BCUT2D eigenvalue weighted by atomic mass is 10.1. The maximum absolute atomic E-state index is 12.4. The van der Waals surface area contributed by atoms with Crippen LogP contribution in [0, 0.1) is 0 Å². The number of benzene rings is 3. The first-order valence-corrected chi connectivity index (χ1v) is 11.4. The minimum atomic E-state index is -0.137. The van der Waals surface area contributed by atoms with Crippen LogP contribution in [0.1, 0.15) is 5.56 Å². The second-order valence-corrected chi connectivity index (χ2v) is 8.72. The molecule has 0 unspecified atom stereocenters. The molecule has 0 saturated heterocycles. The lowest BCUT2D eigenvalue weighted by molar-refractivity contribution is -0.115. The number of rotatable bonds is 6. The van der Waals surface area contributed by atoms with Crippen LogP contribution in [0.5, 0.6) is 0 Å². The van der Waals surface area contributed by atoms with Gasteiger partial charge in [-0.3, -0.25) is 4.79 Å². The average Bonchev–Trinajstić information content (AvgIpc) is 3.48. The monoisotopic (exact) mass is 471 g/mol. The highest BCUT2D eigenvalue weighted by Crippen LogP contribution is 2.35. The summed E-state index contributed by atoms with van der Waals surface area (Å²) in [6.45, 7) is 0. The molecule has 5 aromatic rings. The maximum Gasteiger partial charge on any atom is 0.230 e. The van der Waals surface area contributed by atoms with Gasteiger partial charge in [0.25, 0.3) is 0 Å². The molecule has 6 nitrogen and oxygen atoms in total. The van der Waals surface area contributed by atoms with Crippen molar-refractivity contribution in [1.29, 1.82) is 0 Å². The van der Waals surface area contributed by atoms with Crippen LogP contribution in [-0.2, 0) is 11.2 Å². The van der Waals surface area contributed by atoms with Gasteiger partial charge in [-0.15, -0.1) is 10.2 Å². The van der Waals surface area contributed by atoms with Crippen LogP contribution < -0.4 is 5.32 Å². The zero-order chi connectivity index (χ0) is 22.6. The molecule has 162 valence electrons. The van der Waals surface area contributed by atoms with Gasteiger partial charge >= 0.3 is 0 Å². The Kier molecular flexibility index (Phi) is 5.97. The van der Waals surface area contributed by atoms with Crippen LogP contribution in [0.25, 0.3) is 27.5 Å². The van der Waals surface area contributed by atoms with E-state index in [1.807, 2.05) is 95.8 Å². The molecule has 0 aliphatic rings. The van der Waals surface area contributed by atoms with E-state index in [4.69, 9.17) is 16.7 Å². The van der Waals surface area contributed by atoms with Crippen molar-refractivity contribution in [3.63, 3.8) is 0 Å². The topological polar surface area (TPSA) is 72.7 Å². The molecule has 5 rings (SSSR count). The number of para-hydroxylation sites is 1. The second-order valence-electron chi connectivity index (χ2n) is 7.30. The van der Waals surface area contributed by atoms with Crippen molar-refractivity contribution in [3.8, 4) is 27.5 Å². The molecule has 0 atom stereocenters. The summed E-state index contributed by atoms with van der Waals surface area (Å²) in [5.41, 5.74) is 4.36. The quantitative estimate of drug-likeness (QED) is 0.335. The molecule has 0 bridgehead atoms. The van der Waals surface area contributed by atoms with Crippen molar-refractivity contribution in [3.05, 3.63) is 102 Å². The number of aromatic nitrogens is 4. The van der Waals surface area contributed by atoms with Gasteiger partial charge in [-0.2, -0.15) is 5.10 Å². The summed E-state index contributed by atoms with van der Waals surface area (Å²) >= 11 is 7.39. The van der Waals surface area contributed by atoms with Crippen LogP contribution in [0.2, 0.25) is 5.02 Å². The largest absolute Gasteiger partial charge is 0.300 e. The fraction of sp³-hybridized carbons (Fsp3) is 0.0400. The van der Waals surface area contributed by atoms with E-state index >= 15 is 0 Å². The Morgan fingerprint density at radius 2 is 1.61 bits per heavy atom. The van der Waals surface area contributed by atoms with Gasteiger partial charge in [-0.1, -0.05) is 83.6 Å². The summed E-state index contributed by atoms with van der Waals surface area (Å²) in [4.78, 5) is 12.4. The first-order chi connectivity index (χ1) is 16.2. The molecule has 0 spiro atoms. The number of carbonyl (C=O) groups is 1. The van der Waals surface area contributed by atoms with Crippen molar-refractivity contribution in [2.24, 2.45) is 0 Å². The molecule has 1 amide bonds. The van der Waals surface area contributed by atoms with E-state index < -0.39 is 0 Å². The summed E-state index contributed by atoms with van der Waals surface area (Å²) < 4.78 is 1.81. The van der Waals surface area contributed by atoms with Crippen molar-refractivity contribution in [2.45, 2.75) is 6.42 Å². The highest BCUT2D eigenvalue weighted by molar-refractivity contribution is 7.18. The molecule has 33 heavy (non-hydrogen) atoms. The van der Waals surface area contributed by atoms with Crippen molar-refractivity contribution in [2.75, 3.05) is 5.32 Å². The molecule has 2 aromatic heterocycles. The molecule has 0 aliphatic heterocycles. The number of carbonyl (C=O) groups excluding carboxylic acids is 1. The first kappa shape index (κ1) is 21.1. The molecular weight excluding hydrogens is 454 g/mol. The summed E-state index contributed by atoms with van der Waals surface area (Å²) in [7, 11) is 0. The average molecular weight is 472 g/mol. The molecule has 8 heteroatoms. The second kappa shape index (κ2) is 9.36. The minimum Gasteiger partial charge on any atom is -0.300 e. The summed E-state index contributed by atoms with van der Waals surface area (Å²) in [5.74, 6) is -0.137. The number of nitrogens with one attached hydrogen (secondary N) is 1. The molecule has 0 radical (unpaired) electrons. The van der Waals surface area contributed by atoms with Crippen LogP contribution >= 0.6 is 22.9 Å². The van der Waals surface area contributed by atoms with Gasteiger partial charge in [-0.25, -0.2) is 4.68 Å². The van der Waals surface area contributed by atoms with Crippen LogP contribution in [0.15, 0.2) is 91.1 Å². The van der Waals surface area contributed by atoms with Crippen molar-refractivity contribution >= 4 is 34.0 Å². The Balaban J connectivity index is 1.46. The standard InChI is InChI=1S/C25H18ClN5OS/c26-19-13-11-18(12-14-19)23-21(16-31(30-23)20-9-5-2-6-10-20)24-28-29-25(33-24)27-22(32)15-17-7-3-1-4-8-17/h1-14,16H,15H2,(H,27,29,32). The zero-order valence-electron chi connectivity index (χ0n) is 17.4. The predicted octanol–water partition coefficient (Wildman–Crippen LogP) is 5.89. The van der Waals surface area contributed by atoms with Gasteiger partial charge in [0.05, 0.1) is 17.7 Å². The van der Waals surface area contributed by atoms with E-state index in [0.717, 1.165) is 28.1 Å². The number of amides is 1. The summed E-state index contributed by atoms with van der Waals surface area (Å²) in [5, 5.41) is 17.9. The SMILES string of the molecule is O=C(Cc1ccccc1)Nc1nnc(-c2cn(-c3ccccc3)nc2-c2ccc(Cl)cc2)s1. The Morgan fingerprint density at radius 1 is 0.909 bits per heavy atom. The number of hydrogen-bond donors (Lipinski definition) is 1. The van der Waals surface area contributed by atoms with Crippen molar-refractivity contribution in [1.82, 2.24) is 20.0 Å². The fourth-order valence-corrected chi connectivity index (χ4v) is 4.29. The van der Waals surface area contributed by atoms with E-state index in [2.05, 4.69) is 15.5 Å². The van der Waals surface area contributed by atoms with Crippen molar-refractivity contribution < 1.29 is 4.79 Å². The molecule has 2 heterocycles. The van der Waals surface area contributed by atoms with E-state index in [1.54, 1.807) is 0 Å². The molecule has 1 N–H and O–H groups in total. The molecular formula is C25H18ClN5OS.